The number of amides is 1. The van der Waals surface area contributed by atoms with Crippen molar-refractivity contribution < 1.29 is 19.5 Å². The lowest BCUT2D eigenvalue weighted by Crippen LogP contribution is -2.25. The van der Waals surface area contributed by atoms with E-state index in [2.05, 4.69) is 5.32 Å². The molecule has 0 atom stereocenters. The zero-order valence-corrected chi connectivity index (χ0v) is 13.1. The molecule has 5 nitrogen and oxygen atoms in total. The van der Waals surface area contributed by atoms with Crippen LogP contribution in [0, 0.1) is 0 Å². The fourth-order valence-corrected chi connectivity index (χ4v) is 2.34. The van der Waals surface area contributed by atoms with E-state index in [0.717, 1.165) is 5.56 Å². The van der Waals surface area contributed by atoms with Gasteiger partial charge in [0, 0.05) is 12.1 Å². The first-order valence-electron chi connectivity index (χ1n) is 6.80. The molecule has 0 fully saturated rings. The number of benzene rings is 2. The molecule has 0 heterocycles. The molecular formula is C17H14ClNO4. The van der Waals surface area contributed by atoms with Gasteiger partial charge in [-0.25, -0.2) is 4.79 Å². The van der Waals surface area contributed by atoms with Gasteiger partial charge < -0.3 is 10.4 Å². The van der Waals surface area contributed by atoms with Gasteiger partial charge >= 0.3 is 5.97 Å². The van der Waals surface area contributed by atoms with Crippen LogP contribution in [0.2, 0.25) is 5.02 Å². The van der Waals surface area contributed by atoms with Gasteiger partial charge in [0.05, 0.1) is 16.1 Å². The maximum Gasteiger partial charge on any atom is 0.335 e. The third-order valence-corrected chi connectivity index (χ3v) is 3.59. The van der Waals surface area contributed by atoms with Crippen molar-refractivity contribution in [2.24, 2.45) is 0 Å². The highest BCUT2D eigenvalue weighted by molar-refractivity contribution is 6.34. The normalized spacial score (nSPS) is 10.2. The number of ketones is 1. The van der Waals surface area contributed by atoms with Crippen LogP contribution in [0.15, 0.2) is 42.5 Å². The number of carboxylic acid groups (broad SMARTS) is 1. The molecule has 0 aliphatic carbocycles. The van der Waals surface area contributed by atoms with Crippen LogP contribution in [-0.4, -0.2) is 22.8 Å². The molecule has 2 N–H and O–H groups in total. The van der Waals surface area contributed by atoms with Crippen molar-refractivity contribution in [3.63, 3.8) is 0 Å². The molecule has 23 heavy (non-hydrogen) atoms. The number of nitrogens with one attached hydrogen (secondary N) is 1. The lowest BCUT2D eigenvalue weighted by Gasteiger charge is -2.10. The molecule has 0 saturated carbocycles. The summed E-state index contributed by atoms with van der Waals surface area (Å²) in [5.74, 6) is -1.71. The van der Waals surface area contributed by atoms with Crippen LogP contribution < -0.4 is 5.32 Å². The smallest absolute Gasteiger partial charge is 0.335 e. The van der Waals surface area contributed by atoms with E-state index < -0.39 is 11.9 Å². The number of aromatic carboxylic acids is 1. The fraction of sp³-hybridized carbons (Fsp3) is 0.118. The number of Topliss-reactive ketones (excluding diaryl/α,β-unsaturated/α-hetero) is 1. The van der Waals surface area contributed by atoms with Crippen LogP contribution in [0.25, 0.3) is 0 Å². The zero-order valence-electron chi connectivity index (χ0n) is 12.3. The summed E-state index contributed by atoms with van der Waals surface area (Å²) >= 11 is 6.03. The minimum Gasteiger partial charge on any atom is -0.478 e. The molecule has 2 rings (SSSR count). The topological polar surface area (TPSA) is 83.5 Å². The summed E-state index contributed by atoms with van der Waals surface area (Å²) in [4.78, 5) is 34.7. The van der Waals surface area contributed by atoms with Crippen molar-refractivity contribution in [2.75, 3.05) is 0 Å². The molecule has 6 heteroatoms. The second kappa shape index (κ2) is 7.07. The van der Waals surface area contributed by atoms with Crippen LogP contribution in [0.3, 0.4) is 0 Å². The Balaban J connectivity index is 2.14. The number of carbonyl (C=O) groups excluding carboxylic acids is 2. The Kier molecular flexibility index (Phi) is 5.13. The highest BCUT2D eigenvalue weighted by Crippen LogP contribution is 2.20. The Bertz CT molecular complexity index is 769. The molecule has 0 bridgehead atoms. The van der Waals surface area contributed by atoms with Gasteiger partial charge in [0.2, 0.25) is 0 Å². The van der Waals surface area contributed by atoms with Crippen LogP contribution >= 0.6 is 11.6 Å². The van der Waals surface area contributed by atoms with Gasteiger partial charge in [-0.2, -0.15) is 0 Å². The molecule has 2 aromatic carbocycles. The van der Waals surface area contributed by atoms with E-state index in [0.29, 0.717) is 0 Å². The summed E-state index contributed by atoms with van der Waals surface area (Å²) in [5.41, 5.74) is 1.31. The standard InChI is InChI=1S/C17H14ClNO4/c1-10(20)13-3-2-4-14(18)15(13)16(21)19-9-11-5-7-12(8-6-11)17(22)23/h2-8H,9H2,1H3,(H,19,21)(H,22,23). The maximum atomic E-state index is 12.3. The zero-order chi connectivity index (χ0) is 17.0. The summed E-state index contributed by atoms with van der Waals surface area (Å²) < 4.78 is 0. The number of halogens is 1. The molecular weight excluding hydrogens is 318 g/mol. The van der Waals surface area contributed by atoms with Crippen molar-refractivity contribution in [3.05, 3.63) is 69.7 Å². The average molecular weight is 332 g/mol. The van der Waals surface area contributed by atoms with Gasteiger partial charge in [-0.1, -0.05) is 35.9 Å². The predicted octanol–water partition coefficient (Wildman–Crippen LogP) is 3.17. The van der Waals surface area contributed by atoms with Gasteiger partial charge in [0.15, 0.2) is 5.78 Å². The molecule has 0 aliphatic heterocycles. The molecule has 0 unspecified atom stereocenters. The minimum absolute atomic E-state index is 0.142. The summed E-state index contributed by atoms with van der Waals surface area (Å²) in [6.45, 7) is 1.56. The monoisotopic (exact) mass is 331 g/mol. The SMILES string of the molecule is CC(=O)c1cccc(Cl)c1C(=O)NCc1ccc(C(=O)O)cc1. The first-order chi connectivity index (χ1) is 10.9. The third kappa shape index (κ3) is 3.96. The fourth-order valence-electron chi connectivity index (χ4n) is 2.08. The van der Waals surface area contributed by atoms with E-state index in [-0.39, 0.29) is 34.0 Å². The van der Waals surface area contributed by atoms with E-state index in [9.17, 15) is 14.4 Å². The van der Waals surface area contributed by atoms with E-state index in [1.165, 1.54) is 19.1 Å². The Labute approximate surface area is 137 Å². The van der Waals surface area contributed by atoms with Gasteiger partial charge in [-0.05, 0) is 30.7 Å². The Morgan fingerprint density at radius 1 is 1.09 bits per heavy atom. The van der Waals surface area contributed by atoms with Crippen LogP contribution in [0.1, 0.15) is 43.6 Å². The van der Waals surface area contributed by atoms with Gasteiger partial charge in [-0.15, -0.1) is 0 Å². The highest BCUT2D eigenvalue weighted by Gasteiger charge is 2.17. The lowest BCUT2D eigenvalue weighted by atomic mass is 10.0. The molecule has 2 aromatic rings. The quantitative estimate of drug-likeness (QED) is 0.824. The largest absolute Gasteiger partial charge is 0.478 e. The van der Waals surface area contributed by atoms with E-state index in [1.807, 2.05) is 0 Å². The molecule has 1 amide bonds. The van der Waals surface area contributed by atoms with E-state index in [4.69, 9.17) is 16.7 Å². The van der Waals surface area contributed by atoms with Crippen molar-refractivity contribution >= 4 is 29.3 Å². The molecule has 0 spiro atoms. The Hall–Kier alpha value is -2.66. The highest BCUT2D eigenvalue weighted by atomic mass is 35.5. The second-order valence-corrected chi connectivity index (χ2v) is 5.31. The minimum atomic E-state index is -1.01. The number of rotatable bonds is 5. The third-order valence-electron chi connectivity index (χ3n) is 3.27. The van der Waals surface area contributed by atoms with Gasteiger partial charge in [0.25, 0.3) is 5.91 Å². The number of carbonyl (C=O) groups is 3. The Morgan fingerprint density at radius 3 is 2.30 bits per heavy atom. The van der Waals surface area contributed by atoms with Crippen molar-refractivity contribution in [3.8, 4) is 0 Å². The molecule has 118 valence electrons. The van der Waals surface area contributed by atoms with Crippen LogP contribution in [-0.2, 0) is 6.54 Å². The number of carboxylic acids is 1. The first kappa shape index (κ1) is 16.7. The summed E-state index contributed by atoms with van der Waals surface area (Å²) in [6.07, 6.45) is 0. The van der Waals surface area contributed by atoms with Crippen molar-refractivity contribution in [2.45, 2.75) is 13.5 Å². The van der Waals surface area contributed by atoms with Gasteiger partial charge in [0.1, 0.15) is 0 Å². The van der Waals surface area contributed by atoms with Crippen molar-refractivity contribution in [1.29, 1.82) is 0 Å². The Morgan fingerprint density at radius 2 is 1.74 bits per heavy atom. The number of hydrogen-bond donors (Lipinski definition) is 2. The summed E-state index contributed by atoms with van der Waals surface area (Å²) in [5, 5.41) is 11.7. The second-order valence-electron chi connectivity index (χ2n) is 4.90. The van der Waals surface area contributed by atoms with E-state index in [1.54, 1.807) is 30.3 Å². The molecule has 0 aromatic heterocycles. The van der Waals surface area contributed by atoms with Crippen LogP contribution in [0.4, 0.5) is 0 Å². The molecule has 0 aliphatic rings. The molecule has 0 saturated heterocycles. The van der Waals surface area contributed by atoms with Gasteiger partial charge in [-0.3, -0.25) is 9.59 Å². The summed E-state index contributed by atoms with van der Waals surface area (Å²) in [7, 11) is 0. The predicted molar refractivity (Wildman–Crippen MR) is 86.0 cm³/mol. The lowest BCUT2D eigenvalue weighted by molar-refractivity contribution is 0.0696. The van der Waals surface area contributed by atoms with Crippen molar-refractivity contribution in [1.82, 2.24) is 5.32 Å². The first-order valence-corrected chi connectivity index (χ1v) is 7.18. The average Bonchev–Trinajstić information content (AvgIpc) is 2.52. The number of hydrogen-bond acceptors (Lipinski definition) is 3. The summed E-state index contributed by atoms with van der Waals surface area (Å²) in [6, 6.07) is 10.8. The maximum absolute atomic E-state index is 12.3. The molecule has 0 radical (unpaired) electrons. The van der Waals surface area contributed by atoms with Crippen LogP contribution in [0.5, 0.6) is 0 Å². The van der Waals surface area contributed by atoms with E-state index >= 15 is 0 Å².